The van der Waals surface area contributed by atoms with Crippen LogP contribution in [0.5, 0.6) is 5.88 Å². The number of nitrogens with zero attached hydrogens (tertiary/aromatic N) is 1. The lowest BCUT2D eigenvalue weighted by molar-refractivity contribution is 0.414. The van der Waals surface area contributed by atoms with Crippen LogP contribution in [0.15, 0.2) is 4.79 Å². The van der Waals surface area contributed by atoms with Gasteiger partial charge in [0.25, 0.3) is 5.56 Å². The Kier molecular flexibility index (Phi) is 3.78. The van der Waals surface area contributed by atoms with Gasteiger partial charge in [0.05, 0.1) is 5.56 Å². The maximum absolute atomic E-state index is 11.8. The molecule has 0 amide bonds. The average molecular weight is 237 g/mol. The van der Waals surface area contributed by atoms with Crippen molar-refractivity contribution in [1.82, 2.24) is 15.3 Å². The van der Waals surface area contributed by atoms with Crippen molar-refractivity contribution in [2.24, 2.45) is 0 Å². The maximum Gasteiger partial charge on any atom is 0.257 e. The molecule has 1 aliphatic rings. The molecule has 1 aromatic rings. The summed E-state index contributed by atoms with van der Waals surface area (Å²) in [5, 5.41) is 13.1. The molecule has 94 valence electrons. The second kappa shape index (κ2) is 5.31. The lowest BCUT2D eigenvalue weighted by Gasteiger charge is -2.22. The van der Waals surface area contributed by atoms with Gasteiger partial charge in [0.15, 0.2) is 0 Å². The first-order valence-electron chi connectivity index (χ1n) is 6.25. The molecule has 2 heterocycles. The van der Waals surface area contributed by atoms with E-state index in [1.165, 1.54) is 0 Å². The number of aromatic nitrogens is 2. The molecule has 1 aliphatic heterocycles. The third-order valence-electron chi connectivity index (χ3n) is 3.20. The predicted molar refractivity (Wildman–Crippen MR) is 65.4 cm³/mol. The molecular weight excluding hydrogens is 218 g/mol. The van der Waals surface area contributed by atoms with Gasteiger partial charge in [-0.15, -0.1) is 0 Å². The van der Waals surface area contributed by atoms with Crippen molar-refractivity contribution >= 4 is 0 Å². The third kappa shape index (κ3) is 2.66. The third-order valence-corrected chi connectivity index (χ3v) is 3.20. The largest absolute Gasteiger partial charge is 0.493 e. The second-order valence-corrected chi connectivity index (χ2v) is 4.55. The number of hydrogen-bond acceptors (Lipinski definition) is 4. The minimum atomic E-state index is -0.195. The molecule has 1 saturated heterocycles. The maximum atomic E-state index is 11.8. The van der Waals surface area contributed by atoms with Crippen LogP contribution in [0.4, 0.5) is 0 Å². The summed E-state index contributed by atoms with van der Waals surface area (Å²) in [4.78, 5) is 18.8. The van der Waals surface area contributed by atoms with Gasteiger partial charge in [0.2, 0.25) is 5.88 Å². The normalized spacial score (nSPS) is 20.4. The van der Waals surface area contributed by atoms with E-state index < -0.39 is 0 Å². The topological polar surface area (TPSA) is 78.0 Å². The molecule has 0 bridgehead atoms. The highest BCUT2D eigenvalue weighted by Crippen LogP contribution is 2.21. The van der Waals surface area contributed by atoms with Gasteiger partial charge in [0.1, 0.15) is 5.82 Å². The van der Waals surface area contributed by atoms with Gasteiger partial charge in [-0.1, -0.05) is 13.3 Å². The van der Waals surface area contributed by atoms with E-state index in [2.05, 4.69) is 15.3 Å². The molecule has 0 aromatic carbocycles. The number of hydrogen-bond donors (Lipinski definition) is 3. The van der Waals surface area contributed by atoms with Crippen molar-refractivity contribution in [3.8, 4) is 5.88 Å². The minimum Gasteiger partial charge on any atom is -0.493 e. The zero-order valence-electron chi connectivity index (χ0n) is 10.1. The van der Waals surface area contributed by atoms with E-state index >= 15 is 0 Å². The Morgan fingerprint density at radius 3 is 2.94 bits per heavy atom. The average Bonchev–Trinajstić information content (AvgIpc) is 2.35. The van der Waals surface area contributed by atoms with E-state index in [1.807, 2.05) is 6.92 Å². The van der Waals surface area contributed by atoms with Gasteiger partial charge >= 0.3 is 0 Å². The summed E-state index contributed by atoms with van der Waals surface area (Å²) >= 11 is 0. The first-order valence-corrected chi connectivity index (χ1v) is 6.25. The lowest BCUT2D eigenvalue weighted by atomic mass is 9.99. The smallest absolute Gasteiger partial charge is 0.257 e. The van der Waals surface area contributed by atoms with Crippen molar-refractivity contribution in [2.45, 2.75) is 38.5 Å². The molecule has 3 N–H and O–H groups in total. The fourth-order valence-electron chi connectivity index (χ4n) is 2.26. The molecule has 1 aromatic heterocycles. The molecule has 2 rings (SSSR count). The van der Waals surface area contributed by atoms with Crippen molar-refractivity contribution in [2.75, 3.05) is 13.1 Å². The molecule has 17 heavy (non-hydrogen) atoms. The molecular formula is C12H19N3O2. The zero-order chi connectivity index (χ0) is 12.3. The number of aromatic amines is 1. The summed E-state index contributed by atoms with van der Waals surface area (Å²) in [6, 6.07) is 0. The number of aromatic hydroxyl groups is 1. The highest BCUT2D eigenvalue weighted by molar-refractivity contribution is 5.23. The van der Waals surface area contributed by atoms with Gasteiger partial charge in [-0.3, -0.25) is 4.79 Å². The van der Waals surface area contributed by atoms with Gasteiger partial charge in [-0.2, -0.15) is 4.98 Å². The van der Waals surface area contributed by atoms with E-state index in [-0.39, 0.29) is 17.4 Å². The second-order valence-electron chi connectivity index (χ2n) is 4.55. The van der Waals surface area contributed by atoms with E-state index in [4.69, 9.17) is 0 Å². The van der Waals surface area contributed by atoms with E-state index in [0.29, 0.717) is 17.8 Å². The number of piperidine rings is 1. The number of H-pyrrole nitrogens is 1. The minimum absolute atomic E-state index is 0.101. The molecule has 1 atom stereocenters. The quantitative estimate of drug-likeness (QED) is 0.729. The molecule has 0 radical (unpaired) electrons. The van der Waals surface area contributed by atoms with Crippen LogP contribution < -0.4 is 10.9 Å². The van der Waals surface area contributed by atoms with Gasteiger partial charge in [-0.25, -0.2) is 0 Å². The molecule has 0 saturated carbocycles. The van der Waals surface area contributed by atoms with E-state index in [1.54, 1.807) is 0 Å². The summed E-state index contributed by atoms with van der Waals surface area (Å²) in [5.74, 6) is 0.716. The number of rotatable bonds is 3. The zero-order valence-corrected chi connectivity index (χ0v) is 10.1. The van der Waals surface area contributed by atoms with Gasteiger partial charge < -0.3 is 15.4 Å². The van der Waals surface area contributed by atoms with Gasteiger partial charge in [-0.05, 0) is 25.8 Å². The van der Waals surface area contributed by atoms with Crippen LogP contribution in [-0.4, -0.2) is 28.2 Å². The molecule has 5 heteroatoms. The Morgan fingerprint density at radius 2 is 2.35 bits per heavy atom. The molecule has 1 fully saturated rings. The predicted octanol–water partition coefficient (Wildman–Crippen LogP) is 0.895. The fourth-order valence-corrected chi connectivity index (χ4v) is 2.26. The Labute approximate surface area is 100 Å². The molecule has 5 nitrogen and oxygen atoms in total. The summed E-state index contributed by atoms with van der Waals surface area (Å²) in [5.41, 5.74) is 0.208. The van der Waals surface area contributed by atoms with Crippen LogP contribution in [-0.2, 0) is 6.42 Å². The Hall–Kier alpha value is -1.36. The van der Waals surface area contributed by atoms with E-state index in [0.717, 1.165) is 32.4 Å². The highest BCUT2D eigenvalue weighted by Gasteiger charge is 2.19. The Morgan fingerprint density at radius 1 is 1.53 bits per heavy atom. The van der Waals surface area contributed by atoms with Crippen LogP contribution in [0.1, 0.15) is 43.5 Å². The van der Waals surface area contributed by atoms with Crippen LogP contribution in [0.2, 0.25) is 0 Å². The first kappa shape index (κ1) is 12.1. The monoisotopic (exact) mass is 237 g/mol. The standard InChI is InChI=1S/C12H19N3O2/c1-2-4-9-11(16)14-10(15-12(9)17)8-5-3-6-13-7-8/h8,13H,2-7H2,1H3,(H2,14,15,16,17). The van der Waals surface area contributed by atoms with Crippen molar-refractivity contribution in [3.05, 3.63) is 21.7 Å². The molecule has 1 unspecified atom stereocenters. The highest BCUT2D eigenvalue weighted by atomic mass is 16.3. The summed E-state index contributed by atoms with van der Waals surface area (Å²) in [6.45, 7) is 3.80. The van der Waals surface area contributed by atoms with Crippen molar-refractivity contribution in [3.63, 3.8) is 0 Å². The first-order chi connectivity index (χ1) is 8.22. The van der Waals surface area contributed by atoms with Gasteiger partial charge in [0, 0.05) is 12.5 Å². The van der Waals surface area contributed by atoms with Crippen molar-refractivity contribution in [1.29, 1.82) is 0 Å². The van der Waals surface area contributed by atoms with Crippen LogP contribution in [0.25, 0.3) is 0 Å². The Balaban J connectivity index is 2.27. The summed E-state index contributed by atoms with van der Waals surface area (Å²) in [7, 11) is 0. The van der Waals surface area contributed by atoms with Crippen LogP contribution in [0.3, 0.4) is 0 Å². The van der Waals surface area contributed by atoms with Crippen LogP contribution >= 0.6 is 0 Å². The van der Waals surface area contributed by atoms with E-state index in [9.17, 15) is 9.90 Å². The lowest BCUT2D eigenvalue weighted by Crippen LogP contribution is -2.31. The summed E-state index contributed by atoms with van der Waals surface area (Å²) in [6.07, 6.45) is 3.47. The summed E-state index contributed by atoms with van der Waals surface area (Å²) < 4.78 is 0. The van der Waals surface area contributed by atoms with Crippen LogP contribution in [0, 0.1) is 0 Å². The fraction of sp³-hybridized carbons (Fsp3) is 0.667. The molecule has 0 spiro atoms. The number of nitrogens with one attached hydrogen (secondary N) is 2. The Bertz CT molecular complexity index is 436. The van der Waals surface area contributed by atoms with Crippen molar-refractivity contribution < 1.29 is 5.11 Å². The SMILES string of the molecule is CCCc1c(O)nc(C2CCCNC2)[nH]c1=O. The molecule has 0 aliphatic carbocycles.